The first-order chi connectivity index (χ1) is 18.7. The third kappa shape index (κ3) is 4.78. The van der Waals surface area contributed by atoms with Crippen LogP contribution in [-0.4, -0.2) is 49.6 Å². The Morgan fingerprint density at radius 2 is 1.62 bits per heavy atom. The molecule has 8 nitrogen and oxygen atoms in total. The molecular weight excluding hydrogens is 506 g/mol. The van der Waals surface area contributed by atoms with Crippen molar-refractivity contribution in [2.45, 2.75) is 30.8 Å². The van der Waals surface area contributed by atoms with E-state index in [0.29, 0.717) is 41.8 Å². The molecule has 3 aromatic carbocycles. The zero-order chi connectivity index (χ0) is 27.7. The highest BCUT2D eigenvalue weighted by atomic mass is 19.3. The van der Waals surface area contributed by atoms with E-state index in [-0.39, 0.29) is 16.8 Å². The topological polar surface area (TPSA) is 99.8 Å². The fourth-order valence-electron chi connectivity index (χ4n) is 5.26. The van der Waals surface area contributed by atoms with E-state index in [9.17, 15) is 14.4 Å². The number of alkyl carbamates (subject to hydrolysis) is 1. The van der Waals surface area contributed by atoms with E-state index in [0.717, 1.165) is 0 Å². The molecule has 1 aliphatic heterocycles. The Hall–Kier alpha value is -4.47. The van der Waals surface area contributed by atoms with Gasteiger partial charge in [0, 0.05) is 36.1 Å². The van der Waals surface area contributed by atoms with Crippen LogP contribution in [0.2, 0.25) is 0 Å². The molecule has 1 heterocycles. The number of ether oxygens (including phenoxy) is 1. The van der Waals surface area contributed by atoms with Gasteiger partial charge >= 0.3 is 6.09 Å². The zero-order valence-electron chi connectivity index (χ0n) is 21.5. The average Bonchev–Trinajstić information content (AvgIpc) is 3.53. The zero-order valence-corrected chi connectivity index (χ0v) is 21.5. The number of benzene rings is 3. The first kappa shape index (κ1) is 26.1. The van der Waals surface area contributed by atoms with E-state index in [4.69, 9.17) is 4.74 Å². The number of amides is 3. The SMILES string of the molecule is CNc1ccc2c(c1)C(F)(F)c1cc(NC(=O)C3CCCN3C(=O)C(NC(=O)OC)c3ccccc3)ccc1-2. The molecule has 39 heavy (non-hydrogen) atoms. The summed E-state index contributed by atoms with van der Waals surface area (Å²) in [6.45, 7) is 0.314. The van der Waals surface area contributed by atoms with Crippen molar-refractivity contribution < 1.29 is 27.9 Å². The van der Waals surface area contributed by atoms with Crippen LogP contribution in [-0.2, 0) is 20.2 Å². The second-order valence-corrected chi connectivity index (χ2v) is 9.50. The Morgan fingerprint density at radius 3 is 2.26 bits per heavy atom. The molecule has 2 atom stereocenters. The van der Waals surface area contributed by atoms with Crippen molar-refractivity contribution in [2.24, 2.45) is 0 Å². The summed E-state index contributed by atoms with van der Waals surface area (Å²) in [7, 11) is 2.87. The van der Waals surface area contributed by atoms with Gasteiger partial charge in [-0.1, -0.05) is 42.5 Å². The minimum Gasteiger partial charge on any atom is -0.453 e. The molecule has 1 aliphatic carbocycles. The van der Waals surface area contributed by atoms with Crippen LogP contribution in [0.15, 0.2) is 66.7 Å². The molecule has 3 amide bonds. The van der Waals surface area contributed by atoms with E-state index in [1.165, 1.54) is 24.1 Å². The Morgan fingerprint density at radius 1 is 0.974 bits per heavy atom. The first-order valence-electron chi connectivity index (χ1n) is 12.6. The summed E-state index contributed by atoms with van der Waals surface area (Å²) in [6, 6.07) is 16.1. The van der Waals surface area contributed by atoms with E-state index < -0.39 is 35.9 Å². The molecule has 0 aromatic heterocycles. The molecule has 0 spiro atoms. The summed E-state index contributed by atoms with van der Waals surface area (Å²) in [5.74, 6) is -4.17. The molecular formula is C29H28F2N4O4. The van der Waals surface area contributed by atoms with Crippen LogP contribution in [0.3, 0.4) is 0 Å². The number of hydrogen-bond acceptors (Lipinski definition) is 5. The lowest BCUT2D eigenvalue weighted by atomic mass is 10.0. The number of carbonyl (C=O) groups is 3. The van der Waals surface area contributed by atoms with Gasteiger partial charge in [0.05, 0.1) is 7.11 Å². The van der Waals surface area contributed by atoms with Crippen molar-refractivity contribution in [1.29, 1.82) is 0 Å². The highest BCUT2D eigenvalue weighted by Crippen LogP contribution is 2.52. The number of methoxy groups -OCH3 is 1. The summed E-state index contributed by atoms with van der Waals surface area (Å²) in [5.41, 5.74) is 1.92. The fraction of sp³-hybridized carbons (Fsp3) is 0.276. The van der Waals surface area contributed by atoms with Crippen molar-refractivity contribution in [3.8, 4) is 11.1 Å². The Labute approximate surface area is 224 Å². The van der Waals surface area contributed by atoms with E-state index in [1.54, 1.807) is 61.6 Å². The van der Waals surface area contributed by atoms with Crippen molar-refractivity contribution in [3.63, 3.8) is 0 Å². The van der Waals surface area contributed by atoms with E-state index in [2.05, 4.69) is 16.0 Å². The van der Waals surface area contributed by atoms with Crippen LogP contribution in [0.1, 0.15) is 35.6 Å². The average molecular weight is 535 g/mol. The first-order valence-corrected chi connectivity index (χ1v) is 12.6. The van der Waals surface area contributed by atoms with Crippen LogP contribution >= 0.6 is 0 Å². The van der Waals surface area contributed by atoms with Gasteiger partial charge in [0.1, 0.15) is 12.1 Å². The number of halogens is 2. The number of anilines is 2. The maximum atomic E-state index is 15.4. The van der Waals surface area contributed by atoms with Gasteiger partial charge < -0.3 is 25.6 Å². The van der Waals surface area contributed by atoms with Crippen LogP contribution in [0.4, 0.5) is 25.0 Å². The molecule has 10 heteroatoms. The van der Waals surface area contributed by atoms with Gasteiger partial charge in [-0.25, -0.2) is 4.79 Å². The van der Waals surface area contributed by atoms with Gasteiger partial charge in [0.25, 0.3) is 11.8 Å². The summed E-state index contributed by atoms with van der Waals surface area (Å²) in [5, 5.41) is 8.16. The highest BCUT2D eigenvalue weighted by Gasteiger charge is 2.45. The molecule has 3 N–H and O–H groups in total. The summed E-state index contributed by atoms with van der Waals surface area (Å²) in [6.07, 6.45) is 0.199. The normalized spacial score (nSPS) is 17.5. The summed E-state index contributed by atoms with van der Waals surface area (Å²) < 4.78 is 35.4. The second-order valence-electron chi connectivity index (χ2n) is 9.50. The smallest absolute Gasteiger partial charge is 0.407 e. The van der Waals surface area contributed by atoms with Crippen LogP contribution in [0.25, 0.3) is 11.1 Å². The number of nitrogens with one attached hydrogen (secondary N) is 3. The third-order valence-corrected chi connectivity index (χ3v) is 7.23. The Kier molecular flexibility index (Phi) is 6.94. The van der Waals surface area contributed by atoms with Gasteiger partial charge in [0.2, 0.25) is 5.91 Å². The van der Waals surface area contributed by atoms with Crippen molar-refractivity contribution in [3.05, 3.63) is 83.4 Å². The molecule has 1 saturated heterocycles. The van der Waals surface area contributed by atoms with Gasteiger partial charge in [-0.2, -0.15) is 8.78 Å². The quantitative estimate of drug-likeness (QED) is 0.419. The van der Waals surface area contributed by atoms with Crippen molar-refractivity contribution in [1.82, 2.24) is 10.2 Å². The summed E-state index contributed by atoms with van der Waals surface area (Å²) in [4.78, 5) is 40.3. The summed E-state index contributed by atoms with van der Waals surface area (Å²) >= 11 is 0. The minimum absolute atomic E-state index is 0.0922. The lowest BCUT2D eigenvalue weighted by Gasteiger charge is -2.28. The predicted molar refractivity (Wildman–Crippen MR) is 143 cm³/mol. The lowest BCUT2D eigenvalue weighted by molar-refractivity contribution is -0.138. The molecule has 2 aliphatic rings. The third-order valence-electron chi connectivity index (χ3n) is 7.23. The van der Waals surface area contributed by atoms with Gasteiger partial charge in [-0.3, -0.25) is 9.59 Å². The number of alkyl halides is 2. The number of fused-ring (bicyclic) bond motifs is 3. The van der Waals surface area contributed by atoms with Gasteiger partial charge in [-0.15, -0.1) is 0 Å². The number of carbonyl (C=O) groups excluding carboxylic acids is 3. The molecule has 202 valence electrons. The maximum Gasteiger partial charge on any atom is 0.407 e. The lowest BCUT2D eigenvalue weighted by Crippen LogP contribution is -2.48. The second kappa shape index (κ2) is 10.4. The molecule has 2 unspecified atom stereocenters. The van der Waals surface area contributed by atoms with Crippen molar-refractivity contribution in [2.75, 3.05) is 31.3 Å². The number of hydrogen-bond donors (Lipinski definition) is 3. The van der Waals surface area contributed by atoms with Crippen molar-refractivity contribution >= 4 is 29.3 Å². The fourth-order valence-corrected chi connectivity index (χ4v) is 5.26. The van der Waals surface area contributed by atoms with Crippen LogP contribution in [0, 0.1) is 0 Å². The van der Waals surface area contributed by atoms with Gasteiger partial charge in [0.15, 0.2) is 0 Å². The van der Waals surface area contributed by atoms with Gasteiger partial charge in [-0.05, 0) is 53.8 Å². The van der Waals surface area contributed by atoms with E-state index >= 15 is 8.78 Å². The van der Waals surface area contributed by atoms with Crippen LogP contribution in [0.5, 0.6) is 0 Å². The standard InChI is InChI=1S/C29H28F2N4O4/c1-32-18-10-12-20-21-13-11-19(16-23(21)29(30,31)22(20)15-18)33-26(36)24-9-6-14-35(24)27(37)25(34-28(38)39-2)17-7-4-3-5-8-17/h3-5,7-8,10-13,15-16,24-25,32H,6,9,14H2,1-2H3,(H,33,36)(H,34,38). The van der Waals surface area contributed by atoms with Crippen LogP contribution < -0.4 is 16.0 Å². The Bertz CT molecular complexity index is 1430. The molecule has 5 rings (SSSR count). The largest absolute Gasteiger partial charge is 0.453 e. The molecule has 3 aromatic rings. The highest BCUT2D eigenvalue weighted by molar-refractivity contribution is 5.99. The molecule has 0 saturated carbocycles. The minimum atomic E-state index is -3.23. The number of rotatable bonds is 6. The molecule has 1 fully saturated rings. The predicted octanol–water partition coefficient (Wildman–Crippen LogP) is 4.88. The Balaban J connectivity index is 1.37. The maximum absolute atomic E-state index is 15.4. The monoisotopic (exact) mass is 534 g/mol. The number of nitrogens with zero attached hydrogens (tertiary/aromatic N) is 1. The molecule has 0 bridgehead atoms. The molecule has 0 radical (unpaired) electrons. The number of likely N-dealkylation sites (tertiary alicyclic amines) is 1. The van der Waals surface area contributed by atoms with E-state index in [1.807, 2.05) is 0 Å².